The van der Waals surface area contributed by atoms with E-state index >= 15 is 0 Å². The first-order valence-corrected chi connectivity index (χ1v) is 7.73. The summed E-state index contributed by atoms with van der Waals surface area (Å²) >= 11 is 0. The summed E-state index contributed by atoms with van der Waals surface area (Å²) in [4.78, 5) is 26.6. The highest BCUT2D eigenvalue weighted by Gasteiger charge is 2.29. The molecule has 22 heavy (non-hydrogen) atoms. The topological polar surface area (TPSA) is 52.7 Å². The van der Waals surface area contributed by atoms with Gasteiger partial charge in [-0.2, -0.15) is 0 Å². The average molecular weight is 305 g/mol. The molecule has 2 aliphatic heterocycles. The van der Waals surface area contributed by atoms with Crippen molar-refractivity contribution in [2.24, 2.45) is 0 Å². The summed E-state index contributed by atoms with van der Waals surface area (Å²) in [6, 6.07) is 6.70. The Morgan fingerprint density at radius 1 is 1.18 bits per heavy atom. The minimum atomic E-state index is -0.290. The zero-order chi connectivity index (χ0) is 15.5. The molecule has 1 aromatic rings. The third-order valence-electron chi connectivity index (χ3n) is 4.38. The first-order chi connectivity index (χ1) is 10.6. The first kappa shape index (κ1) is 15.0. The highest BCUT2D eigenvalue weighted by atomic mass is 19.1. The number of carbonyl (C=O) groups excluding carboxylic acids is 2. The lowest BCUT2D eigenvalue weighted by Gasteiger charge is -2.25. The summed E-state index contributed by atoms with van der Waals surface area (Å²) in [6.45, 7) is 2.40. The Bertz CT molecular complexity index is 545. The SMILES string of the molecule is O=C1CNC(=O)N1CCCN1CCC[C@@H]1c1ccc(F)cc1. The van der Waals surface area contributed by atoms with Crippen LogP contribution in [0.15, 0.2) is 24.3 Å². The normalized spacial score (nSPS) is 22.4. The monoisotopic (exact) mass is 305 g/mol. The van der Waals surface area contributed by atoms with Gasteiger partial charge in [0.25, 0.3) is 0 Å². The molecule has 0 aromatic heterocycles. The van der Waals surface area contributed by atoms with E-state index < -0.39 is 0 Å². The van der Waals surface area contributed by atoms with Crippen LogP contribution in [0.25, 0.3) is 0 Å². The molecule has 0 bridgehead atoms. The summed E-state index contributed by atoms with van der Waals surface area (Å²) in [5.41, 5.74) is 1.13. The minimum absolute atomic E-state index is 0.112. The van der Waals surface area contributed by atoms with Gasteiger partial charge in [0, 0.05) is 19.1 Å². The zero-order valence-electron chi connectivity index (χ0n) is 12.4. The second-order valence-corrected chi connectivity index (χ2v) is 5.80. The van der Waals surface area contributed by atoms with Crippen LogP contribution >= 0.6 is 0 Å². The van der Waals surface area contributed by atoms with Gasteiger partial charge in [0.2, 0.25) is 5.91 Å². The molecular formula is C16H20FN3O2. The van der Waals surface area contributed by atoms with Crippen molar-refractivity contribution in [3.63, 3.8) is 0 Å². The molecule has 3 rings (SSSR count). The molecule has 0 saturated carbocycles. The quantitative estimate of drug-likeness (QED) is 0.845. The Labute approximate surface area is 129 Å². The number of benzene rings is 1. The molecule has 1 aromatic carbocycles. The lowest BCUT2D eigenvalue weighted by atomic mass is 10.0. The molecule has 6 heteroatoms. The fourth-order valence-corrected chi connectivity index (χ4v) is 3.27. The van der Waals surface area contributed by atoms with Crippen molar-refractivity contribution in [3.05, 3.63) is 35.6 Å². The minimum Gasteiger partial charge on any atom is -0.329 e. The number of rotatable bonds is 5. The Morgan fingerprint density at radius 3 is 2.64 bits per heavy atom. The number of hydrogen-bond acceptors (Lipinski definition) is 3. The second-order valence-electron chi connectivity index (χ2n) is 5.80. The van der Waals surface area contributed by atoms with E-state index in [9.17, 15) is 14.0 Å². The highest BCUT2D eigenvalue weighted by Crippen LogP contribution is 2.31. The van der Waals surface area contributed by atoms with Crippen LogP contribution in [0.5, 0.6) is 0 Å². The standard InChI is InChI=1S/C16H20FN3O2/c17-13-6-4-12(5-7-13)14-3-1-8-19(14)9-2-10-20-15(21)11-18-16(20)22/h4-7,14H,1-3,8-11H2,(H,18,22)/t14-/m1/s1. The van der Waals surface area contributed by atoms with E-state index in [1.165, 1.54) is 17.0 Å². The van der Waals surface area contributed by atoms with Crippen LogP contribution in [0.4, 0.5) is 9.18 Å². The van der Waals surface area contributed by atoms with Crippen LogP contribution in [-0.2, 0) is 4.79 Å². The molecule has 2 heterocycles. The lowest BCUT2D eigenvalue weighted by Crippen LogP contribution is -2.34. The molecule has 0 spiro atoms. The maximum absolute atomic E-state index is 13.0. The number of likely N-dealkylation sites (tertiary alicyclic amines) is 1. The van der Waals surface area contributed by atoms with Crippen molar-refractivity contribution in [2.75, 3.05) is 26.2 Å². The number of nitrogens with zero attached hydrogens (tertiary/aromatic N) is 2. The van der Waals surface area contributed by atoms with Crippen molar-refractivity contribution in [1.82, 2.24) is 15.1 Å². The van der Waals surface area contributed by atoms with Crippen LogP contribution in [0, 0.1) is 5.82 Å². The predicted octanol–water partition coefficient (Wildman–Crippen LogP) is 1.90. The van der Waals surface area contributed by atoms with Crippen LogP contribution in [0.3, 0.4) is 0 Å². The number of imide groups is 1. The molecule has 3 amide bonds. The van der Waals surface area contributed by atoms with Crippen LogP contribution in [-0.4, -0.2) is 47.9 Å². The number of urea groups is 1. The highest BCUT2D eigenvalue weighted by molar-refractivity contribution is 6.01. The van der Waals surface area contributed by atoms with Crippen LogP contribution in [0.1, 0.15) is 30.9 Å². The fraction of sp³-hybridized carbons (Fsp3) is 0.500. The number of halogens is 1. The smallest absolute Gasteiger partial charge is 0.324 e. The van der Waals surface area contributed by atoms with Gasteiger partial charge in [-0.3, -0.25) is 14.6 Å². The van der Waals surface area contributed by atoms with Gasteiger partial charge < -0.3 is 5.32 Å². The van der Waals surface area contributed by atoms with Crippen LogP contribution in [0.2, 0.25) is 0 Å². The third kappa shape index (κ3) is 3.11. The molecule has 5 nitrogen and oxygen atoms in total. The van der Waals surface area contributed by atoms with E-state index in [4.69, 9.17) is 0 Å². The van der Waals surface area contributed by atoms with Crippen molar-refractivity contribution in [3.8, 4) is 0 Å². The second kappa shape index (κ2) is 6.44. The van der Waals surface area contributed by atoms with Crippen molar-refractivity contribution in [1.29, 1.82) is 0 Å². The first-order valence-electron chi connectivity index (χ1n) is 7.73. The van der Waals surface area contributed by atoms with Gasteiger partial charge in [0.15, 0.2) is 0 Å². The summed E-state index contributed by atoms with van der Waals surface area (Å²) in [5.74, 6) is -0.367. The van der Waals surface area contributed by atoms with Gasteiger partial charge in [-0.25, -0.2) is 9.18 Å². The average Bonchev–Trinajstić information content (AvgIpc) is 3.09. The Morgan fingerprint density at radius 2 is 1.95 bits per heavy atom. The fourth-order valence-electron chi connectivity index (χ4n) is 3.27. The molecule has 118 valence electrons. The maximum Gasteiger partial charge on any atom is 0.324 e. The molecule has 2 aliphatic rings. The molecule has 1 atom stereocenters. The van der Waals surface area contributed by atoms with Gasteiger partial charge in [-0.15, -0.1) is 0 Å². The predicted molar refractivity (Wildman–Crippen MR) is 79.7 cm³/mol. The van der Waals surface area contributed by atoms with Crippen LogP contribution < -0.4 is 5.32 Å². The summed E-state index contributed by atoms with van der Waals surface area (Å²) in [5, 5.41) is 2.53. The van der Waals surface area contributed by atoms with Gasteiger partial charge in [0.1, 0.15) is 5.82 Å². The number of amides is 3. The third-order valence-corrected chi connectivity index (χ3v) is 4.38. The van der Waals surface area contributed by atoms with Crippen molar-refractivity contribution in [2.45, 2.75) is 25.3 Å². The van der Waals surface area contributed by atoms with Gasteiger partial charge in [-0.1, -0.05) is 12.1 Å². The Kier molecular flexibility index (Phi) is 4.38. The molecule has 1 N–H and O–H groups in total. The number of carbonyl (C=O) groups is 2. The number of hydrogen-bond donors (Lipinski definition) is 1. The van der Waals surface area contributed by atoms with Gasteiger partial charge in [0.05, 0.1) is 6.54 Å². The van der Waals surface area contributed by atoms with Crippen molar-refractivity contribution >= 4 is 11.9 Å². The van der Waals surface area contributed by atoms with E-state index in [0.717, 1.165) is 37.9 Å². The largest absolute Gasteiger partial charge is 0.329 e. The molecule has 2 saturated heterocycles. The lowest BCUT2D eigenvalue weighted by molar-refractivity contribution is -0.125. The number of nitrogens with one attached hydrogen (secondary N) is 1. The Hall–Kier alpha value is -1.95. The Balaban J connectivity index is 1.54. The zero-order valence-corrected chi connectivity index (χ0v) is 12.4. The van der Waals surface area contributed by atoms with E-state index in [1.54, 1.807) is 0 Å². The molecular weight excluding hydrogens is 285 g/mol. The van der Waals surface area contributed by atoms with Gasteiger partial charge >= 0.3 is 6.03 Å². The molecule has 0 aliphatic carbocycles. The van der Waals surface area contributed by atoms with E-state index in [1.807, 2.05) is 12.1 Å². The molecule has 0 unspecified atom stereocenters. The summed E-state index contributed by atoms with van der Waals surface area (Å²) < 4.78 is 13.0. The molecule has 0 radical (unpaired) electrons. The van der Waals surface area contributed by atoms with E-state index in [0.29, 0.717) is 12.6 Å². The summed E-state index contributed by atoms with van der Waals surface area (Å²) in [6.07, 6.45) is 2.94. The van der Waals surface area contributed by atoms with Gasteiger partial charge in [-0.05, 0) is 43.5 Å². The summed E-state index contributed by atoms with van der Waals surface area (Å²) in [7, 11) is 0. The van der Waals surface area contributed by atoms with E-state index in [-0.39, 0.29) is 24.3 Å². The maximum atomic E-state index is 13.0. The van der Waals surface area contributed by atoms with E-state index in [2.05, 4.69) is 10.2 Å². The van der Waals surface area contributed by atoms with Crippen molar-refractivity contribution < 1.29 is 14.0 Å². The molecule has 2 fully saturated rings.